The van der Waals surface area contributed by atoms with Crippen LogP contribution in [0.5, 0.6) is 0 Å². The predicted octanol–water partition coefficient (Wildman–Crippen LogP) is 4.72. The Morgan fingerprint density at radius 1 is 0.800 bits per heavy atom. The molecule has 0 aromatic heterocycles. The number of nitrogens with one attached hydrogen (secondary N) is 1. The number of anilines is 1. The van der Waals surface area contributed by atoms with E-state index in [1.807, 2.05) is 38.1 Å². The molecule has 0 spiro atoms. The lowest BCUT2D eigenvalue weighted by Crippen LogP contribution is -2.30. The summed E-state index contributed by atoms with van der Waals surface area (Å²) in [5, 5.41) is 2.79. The minimum absolute atomic E-state index is 0.128. The van der Waals surface area contributed by atoms with Gasteiger partial charge >= 0.3 is 5.97 Å². The van der Waals surface area contributed by atoms with Crippen LogP contribution in [0.4, 0.5) is 5.69 Å². The molecule has 152 valence electrons. The Kier molecular flexibility index (Phi) is 6.42. The smallest absolute Gasteiger partial charge is 0.338 e. The van der Waals surface area contributed by atoms with Crippen LogP contribution in [0.25, 0.3) is 0 Å². The highest BCUT2D eigenvalue weighted by molar-refractivity contribution is 6.09. The molecule has 1 N–H and O–H groups in total. The molecule has 3 aromatic rings. The Morgan fingerprint density at radius 3 is 2.07 bits per heavy atom. The summed E-state index contributed by atoms with van der Waals surface area (Å²) < 4.78 is 5.29. The molecular formula is C25H23NO4. The third-order valence-electron chi connectivity index (χ3n) is 4.72. The number of ketones is 1. The van der Waals surface area contributed by atoms with Gasteiger partial charge in [-0.15, -0.1) is 0 Å². The van der Waals surface area contributed by atoms with Crippen molar-refractivity contribution in [2.75, 3.05) is 5.32 Å². The number of hydrogen-bond donors (Lipinski definition) is 1. The summed E-state index contributed by atoms with van der Waals surface area (Å²) in [5.74, 6) is -1.16. The number of benzene rings is 3. The van der Waals surface area contributed by atoms with Crippen LogP contribution in [0.1, 0.15) is 44.3 Å². The largest absolute Gasteiger partial charge is 0.449 e. The van der Waals surface area contributed by atoms with E-state index in [9.17, 15) is 14.4 Å². The summed E-state index contributed by atoms with van der Waals surface area (Å²) in [7, 11) is 0. The van der Waals surface area contributed by atoms with Gasteiger partial charge in [-0.3, -0.25) is 9.59 Å². The van der Waals surface area contributed by atoms with Crippen molar-refractivity contribution >= 4 is 23.3 Å². The summed E-state index contributed by atoms with van der Waals surface area (Å²) >= 11 is 0. The molecule has 0 aliphatic carbocycles. The number of hydrogen-bond acceptors (Lipinski definition) is 4. The van der Waals surface area contributed by atoms with Gasteiger partial charge in [-0.1, -0.05) is 54.6 Å². The molecule has 1 atom stereocenters. The van der Waals surface area contributed by atoms with E-state index < -0.39 is 18.0 Å². The lowest BCUT2D eigenvalue weighted by molar-refractivity contribution is -0.123. The first-order valence-corrected chi connectivity index (χ1v) is 9.64. The average molecular weight is 401 g/mol. The van der Waals surface area contributed by atoms with Crippen molar-refractivity contribution in [2.24, 2.45) is 0 Å². The summed E-state index contributed by atoms with van der Waals surface area (Å²) in [5.41, 5.74) is 3.94. The lowest BCUT2D eigenvalue weighted by Gasteiger charge is -2.15. The van der Waals surface area contributed by atoms with E-state index in [0.717, 1.165) is 11.1 Å². The van der Waals surface area contributed by atoms with E-state index in [4.69, 9.17) is 4.74 Å². The zero-order chi connectivity index (χ0) is 21.7. The van der Waals surface area contributed by atoms with Gasteiger partial charge in [0, 0.05) is 16.8 Å². The number of amides is 1. The van der Waals surface area contributed by atoms with Crippen LogP contribution in [-0.4, -0.2) is 23.8 Å². The van der Waals surface area contributed by atoms with Crippen molar-refractivity contribution in [3.05, 3.63) is 101 Å². The van der Waals surface area contributed by atoms with Gasteiger partial charge in [-0.05, 0) is 50.1 Å². The second-order valence-corrected chi connectivity index (χ2v) is 7.13. The quantitative estimate of drug-likeness (QED) is 0.479. The van der Waals surface area contributed by atoms with Crippen molar-refractivity contribution in [1.29, 1.82) is 0 Å². The second kappa shape index (κ2) is 9.18. The molecular weight excluding hydrogens is 378 g/mol. The molecule has 3 aromatic carbocycles. The molecule has 0 saturated heterocycles. The van der Waals surface area contributed by atoms with Crippen molar-refractivity contribution < 1.29 is 19.1 Å². The fraction of sp³-hybridized carbons (Fsp3) is 0.160. The van der Waals surface area contributed by atoms with E-state index in [0.29, 0.717) is 16.8 Å². The summed E-state index contributed by atoms with van der Waals surface area (Å²) in [6.45, 7) is 5.35. The Balaban J connectivity index is 1.63. The SMILES string of the molecule is Cc1ccc(C)c(NC(=O)[C@@H](C)OC(=O)c2ccc(C(=O)c3ccccc3)cc2)c1. The molecule has 0 aliphatic heterocycles. The summed E-state index contributed by atoms with van der Waals surface area (Å²) in [4.78, 5) is 37.3. The maximum atomic E-state index is 12.5. The van der Waals surface area contributed by atoms with Crippen molar-refractivity contribution in [1.82, 2.24) is 0 Å². The first kappa shape index (κ1) is 21.0. The molecule has 0 radical (unpaired) electrons. The standard InChI is InChI=1S/C25H23NO4/c1-16-9-10-17(2)22(15-16)26-24(28)18(3)30-25(29)21-13-11-20(12-14-21)23(27)19-7-5-4-6-8-19/h4-15,18H,1-3H3,(H,26,28)/t18-/m1/s1. The molecule has 0 unspecified atom stereocenters. The zero-order valence-corrected chi connectivity index (χ0v) is 17.1. The molecule has 0 aliphatic rings. The van der Waals surface area contributed by atoms with E-state index in [2.05, 4.69) is 5.32 Å². The number of carbonyl (C=O) groups excluding carboxylic acids is 3. The molecule has 0 saturated carbocycles. The van der Waals surface area contributed by atoms with E-state index in [1.54, 1.807) is 36.4 Å². The van der Waals surface area contributed by atoms with Crippen LogP contribution in [0.15, 0.2) is 72.8 Å². The molecule has 5 heteroatoms. The van der Waals surface area contributed by atoms with Gasteiger partial charge < -0.3 is 10.1 Å². The van der Waals surface area contributed by atoms with Crippen LogP contribution in [0, 0.1) is 13.8 Å². The normalized spacial score (nSPS) is 11.4. The zero-order valence-electron chi connectivity index (χ0n) is 17.1. The van der Waals surface area contributed by atoms with E-state index >= 15 is 0 Å². The topological polar surface area (TPSA) is 72.5 Å². The minimum Gasteiger partial charge on any atom is -0.449 e. The molecule has 5 nitrogen and oxygen atoms in total. The molecule has 30 heavy (non-hydrogen) atoms. The Morgan fingerprint density at radius 2 is 1.40 bits per heavy atom. The van der Waals surface area contributed by atoms with Gasteiger partial charge in [0.1, 0.15) is 0 Å². The molecule has 1 amide bonds. The number of esters is 1. The Labute approximate surface area is 175 Å². The van der Waals surface area contributed by atoms with Crippen molar-refractivity contribution in [2.45, 2.75) is 26.9 Å². The van der Waals surface area contributed by atoms with Crippen LogP contribution in [0.3, 0.4) is 0 Å². The monoisotopic (exact) mass is 401 g/mol. The highest BCUT2D eigenvalue weighted by Crippen LogP contribution is 2.17. The van der Waals surface area contributed by atoms with Crippen LogP contribution < -0.4 is 5.32 Å². The van der Waals surface area contributed by atoms with E-state index in [-0.39, 0.29) is 11.3 Å². The molecule has 3 rings (SSSR count). The predicted molar refractivity (Wildman–Crippen MR) is 116 cm³/mol. The van der Waals surface area contributed by atoms with Crippen molar-refractivity contribution in [3.8, 4) is 0 Å². The number of ether oxygens (including phenoxy) is 1. The first-order valence-electron chi connectivity index (χ1n) is 9.64. The fourth-order valence-electron chi connectivity index (χ4n) is 2.90. The Hall–Kier alpha value is -3.73. The van der Waals surface area contributed by atoms with Gasteiger partial charge in [-0.2, -0.15) is 0 Å². The second-order valence-electron chi connectivity index (χ2n) is 7.13. The highest BCUT2D eigenvalue weighted by atomic mass is 16.5. The molecule has 0 bridgehead atoms. The minimum atomic E-state index is -0.969. The van der Waals surface area contributed by atoms with Crippen LogP contribution in [-0.2, 0) is 9.53 Å². The van der Waals surface area contributed by atoms with Crippen LogP contribution in [0.2, 0.25) is 0 Å². The van der Waals surface area contributed by atoms with Gasteiger partial charge in [0.25, 0.3) is 5.91 Å². The third kappa shape index (κ3) is 5.00. The van der Waals surface area contributed by atoms with Crippen molar-refractivity contribution in [3.63, 3.8) is 0 Å². The fourth-order valence-corrected chi connectivity index (χ4v) is 2.90. The molecule has 0 heterocycles. The Bertz CT molecular complexity index is 1070. The summed E-state index contributed by atoms with van der Waals surface area (Å²) in [6.07, 6.45) is -0.969. The van der Waals surface area contributed by atoms with Crippen LogP contribution >= 0.6 is 0 Å². The maximum absolute atomic E-state index is 12.5. The van der Waals surface area contributed by atoms with Gasteiger partial charge in [-0.25, -0.2) is 4.79 Å². The lowest BCUT2D eigenvalue weighted by atomic mass is 10.0. The van der Waals surface area contributed by atoms with Gasteiger partial charge in [0.15, 0.2) is 11.9 Å². The highest BCUT2D eigenvalue weighted by Gasteiger charge is 2.20. The first-order chi connectivity index (χ1) is 14.3. The third-order valence-corrected chi connectivity index (χ3v) is 4.72. The molecule has 0 fully saturated rings. The maximum Gasteiger partial charge on any atom is 0.338 e. The van der Waals surface area contributed by atoms with Gasteiger partial charge in [0.2, 0.25) is 0 Å². The number of carbonyl (C=O) groups is 3. The average Bonchev–Trinajstić information content (AvgIpc) is 2.76. The number of rotatable bonds is 6. The van der Waals surface area contributed by atoms with Gasteiger partial charge in [0.05, 0.1) is 5.56 Å². The van der Waals surface area contributed by atoms with E-state index in [1.165, 1.54) is 19.1 Å². The number of aryl methyl sites for hydroxylation is 2. The summed E-state index contributed by atoms with van der Waals surface area (Å²) in [6, 6.07) is 20.8.